The van der Waals surface area contributed by atoms with Crippen molar-refractivity contribution in [3.63, 3.8) is 0 Å². The Hall–Kier alpha value is -3.04. The molecule has 2 bridgehead atoms. The SMILES string of the molecule is C[C@H]1Cc2c([nH]c3ccccc23)[C@H](c2c(F)cc(O[C@H]3CCN(CCCF)C3)cc2F)N1C12CC(C(N)=O)(C1)C2. The van der Waals surface area contributed by atoms with Crippen LogP contribution in [0.25, 0.3) is 10.9 Å². The number of aromatic nitrogens is 1. The van der Waals surface area contributed by atoms with E-state index in [4.69, 9.17) is 10.5 Å². The van der Waals surface area contributed by atoms with E-state index in [9.17, 15) is 9.18 Å². The second-order valence-electron chi connectivity index (χ2n) is 12.5. The molecule has 8 rings (SSSR count). The van der Waals surface area contributed by atoms with Crippen LogP contribution < -0.4 is 10.5 Å². The molecule has 2 aromatic carbocycles. The predicted octanol–water partition coefficient (Wildman–Crippen LogP) is 5.00. The van der Waals surface area contributed by atoms with Gasteiger partial charge >= 0.3 is 0 Å². The number of nitrogens with zero attached hydrogens (tertiary/aromatic N) is 2. The number of para-hydroxylation sites is 1. The molecule has 1 saturated heterocycles. The van der Waals surface area contributed by atoms with E-state index in [1.54, 1.807) is 0 Å². The molecule has 0 unspecified atom stereocenters. The maximum Gasteiger partial charge on any atom is 0.223 e. The van der Waals surface area contributed by atoms with Gasteiger partial charge in [-0.2, -0.15) is 0 Å². The van der Waals surface area contributed by atoms with Crippen LogP contribution in [0.4, 0.5) is 13.2 Å². The highest BCUT2D eigenvalue weighted by atomic mass is 19.1. The summed E-state index contributed by atoms with van der Waals surface area (Å²) in [5.74, 6) is -1.41. The molecule has 3 N–H and O–H groups in total. The number of amides is 1. The molecule has 3 heterocycles. The molecular weight excluding hydrogens is 517 g/mol. The number of carbonyl (C=O) groups is 1. The van der Waals surface area contributed by atoms with E-state index in [0.717, 1.165) is 41.5 Å². The van der Waals surface area contributed by atoms with Gasteiger partial charge in [0.1, 0.15) is 23.5 Å². The van der Waals surface area contributed by atoms with Gasteiger partial charge in [-0.25, -0.2) is 8.78 Å². The molecule has 1 aromatic heterocycles. The van der Waals surface area contributed by atoms with Crippen LogP contribution in [-0.2, 0) is 11.2 Å². The Kier molecular flexibility index (Phi) is 5.98. The predicted molar refractivity (Wildman–Crippen MR) is 146 cm³/mol. The van der Waals surface area contributed by atoms with Crippen molar-refractivity contribution in [1.29, 1.82) is 0 Å². The van der Waals surface area contributed by atoms with Crippen LogP contribution in [0, 0.1) is 17.0 Å². The summed E-state index contributed by atoms with van der Waals surface area (Å²) in [4.78, 5) is 20.0. The van der Waals surface area contributed by atoms with Crippen LogP contribution in [0.5, 0.6) is 5.75 Å². The minimum atomic E-state index is -0.672. The summed E-state index contributed by atoms with van der Waals surface area (Å²) in [5, 5.41) is 1.07. The fraction of sp³-hybridized carbons (Fsp3) is 0.516. The van der Waals surface area contributed by atoms with Gasteiger partial charge in [0, 0.05) is 65.5 Å². The van der Waals surface area contributed by atoms with Gasteiger partial charge in [0.2, 0.25) is 5.91 Å². The zero-order valence-electron chi connectivity index (χ0n) is 22.7. The second-order valence-corrected chi connectivity index (χ2v) is 12.5. The smallest absolute Gasteiger partial charge is 0.223 e. The largest absolute Gasteiger partial charge is 0.489 e. The number of nitrogens with one attached hydrogen (secondary N) is 1. The monoisotopic (exact) mass is 552 g/mol. The molecule has 3 atom stereocenters. The standard InChI is InChI=1S/C31H35F3N4O2/c1-18-11-22-21-5-2-3-6-25(21)36-27(22)28(38(18)31-15-30(16-31,17-31)29(35)39)26-23(33)12-20(13-24(26)34)40-19-7-10-37(14-19)9-4-8-32/h2-3,5-6,12-13,18-19,28,36H,4,7-11,14-17H2,1H3,(H2,35,39)/t18-,19-,28-,30?,31?/m0/s1. The zero-order valence-corrected chi connectivity index (χ0v) is 22.7. The van der Waals surface area contributed by atoms with Gasteiger partial charge in [-0.3, -0.25) is 19.0 Å². The molecule has 3 aromatic rings. The van der Waals surface area contributed by atoms with Crippen LogP contribution >= 0.6 is 0 Å². The Labute approximate surface area is 231 Å². The lowest BCUT2D eigenvalue weighted by Gasteiger charge is -2.74. The van der Waals surface area contributed by atoms with Crippen molar-refractivity contribution < 1.29 is 22.7 Å². The van der Waals surface area contributed by atoms with Crippen molar-refractivity contribution in [2.45, 2.75) is 69.2 Å². The minimum absolute atomic E-state index is 0.000510. The third-order valence-corrected chi connectivity index (χ3v) is 9.91. The molecule has 4 fully saturated rings. The van der Waals surface area contributed by atoms with Crippen molar-refractivity contribution in [3.05, 3.63) is 64.9 Å². The third kappa shape index (κ3) is 3.80. The molecule has 40 heavy (non-hydrogen) atoms. The van der Waals surface area contributed by atoms with E-state index in [1.165, 1.54) is 12.1 Å². The fourth-order valence-corrected chi connectivity index (χ4v) is 8.22. The van der Waals surface area contributed by atoms with E-state index in [-0.39, 0.29) is 41.6 Å². The highest BCUT2D eigenvalue weighted by Gasteiger charge is 2.74. The lowest BCUT2D eigenvalue weighted by Crippen LogP contribution is -2.79. The van der Waals surface area contributed by atoms with Crippen molar-refractivity contribution in [2.75, 3.05) is 26.3 Å². The molecule has 0 radical (unpaired) electrons. The quantitative estimate of drug-likeness (QED) is 0.413. The Bertz CT molecular complexity index is 1450. The molecule has 6 nitrogen and oxygen atoms in total. The second kappa shape index (κ2) is 9.24. The first-order valence-electron chi connectivity index (χ1n) is 14.4. The maximum absolute atomic E-state index is 16.1. The third-order valence-electron chi connectivity index (χ3n) is 9.91. The first-order chi connectivity index (χ1) is 19.2. The summed E-state index contributed by atoms with van der Waals surface area (Å²) >= 11 is 0. The highest BCUT2D eigenvalue weighted by molar-refractivity contribution is 5.87. The molecular formula is C31H35F3N4O2. The van der Waals surface area contributed by atoms with Crippen LogP contribution in [0.2, 0.25) is 0 Å². The minimum Gasteiger partial charge on any atom is -0.489 e. The number of alkyl halides is 1. The number of nitrogens with two attached hydrogens (primary N) is 1. The normalized spacial score (nSPS) is 31.6. The number of hydrogen-bond acceptors (Lipinski definition) is 4. The molecule has 1 amide bonds. The van der Waals surface area contributed by atoms with Gasteiger partial charge in [-0.1, -0.05) is 18.2 Å². The molecule has 0 spiro atoms. The van der Waals surface area contributed by atoms with Gasteiger partial charge in [-0.05, 0) is 57.1 Å². The average Bonchev–Trinajstić information content (AvgIpc) is 3.46. The number of likely N-dealkylation sites (tertiary alicyclic amines) is 1. The molecule has 3 aliphatic carbocycles. The summed E-state index contributed by atoms with van der Waals surface area (Å²) in [5.41, 5.74) is 7.75. The average molecular weight is 553 g/mol. The van der Waals surface area contributed by atoms with E-state index < -0.39 is 23.1 Å². The Morgan fingerprint density at radius 3 is 2.60 bits per heavy atom. The molecule has 9 heteroatoms. The van der Waals surface area contributed by atoms with Crippen LogP contribution in [0.3, 0.4) is 0 Å². The first-order valence-corrected chi connectivity index (χ1v) is 14.4. The van der Waals surface area contributed by atoms with Gasteiger partial charge in [0.25, 0.3) is 0 Å². The van der Waals surface area contributed by atoms with E-state index in [1.807, 2.05) is 18.2 Å². The van der Waals surface area contributed by atoms with E-state index >= 15 is 8.78 Å². The van der Waals surface area contributed by atoms with Crippen LogP contribution in [-0.4, -0.2) is 64.7 Å². The van der Waals surface area contributed by atoms with Crippen molar-refractivity contribution in [3.8, 4) is 5.75 Å². The summed E-state index contributed by atoms with van der Waals surface area (Å²) in [7, 11) is 0. The molecule has 5 aliphatic rings. The lowest BCUT2D eigenvalue weighted by molar-refractivity contribution is -0.233. The van der Waals surface area contributed by atoms with Crippen LogP contribution in [0.1, 0.15) is 61.9 Å². The molecule has 212 valence electrons. The van der Waals surface area contributed by atoms with Gasteiger partial charge in [-0.15, -0.1) is 0 Å². The number of benzene rings is 2. The molecule has 2 aliphatic heterocycles. The topological polar surface area (TPSA) is 74.6 Å². The number of ether oxygens (including phenoxy) is 1. The lowest BCUT2D eigenvalue weighted by atomic mass is 9.38. The Balaban J connectivity index is 1.25. The summed E-state index contributed by atoms with van der Waals surface area (Å²) in [6.45, 7) is 3.79. The number of primary amides is 1. The van der Waals surface area contributed by atoms with Crippen LogP contribution in [0.15, 0.2) is 36.4 Å². The number of halogens is 3. The number of H-pyrrole nitrogens is 1. The number of rotatable bonds is 8. The van der Waals surface area contributed by atoms with E-state index in [2.05, 4.69) is 27.8 Å². The maximum atomic E-state index is 16.1. The Morgan fingerprint density at radius 1 is 1.18 bits per heavy atom. The summed E-state index contributed by atoms with van der Waals surface area (Å²) in [6.07, 6.45) is 3.62. The summed E-state index contributed by atoms with van der Waals surface area (Å²) in [6, 6.07) is 9.91. The van der Waals surface area contributed by atoms with Crippen molar-refractivity contribution >= 4 is 16.8 Å². The zero-order chi connectivity index (χ0) is 27.8. The summed E-state index contributed by atoms with van der Waals surface area (Å²) < 4.78 is 50.8. The number of carbonyl (C=O) groups excluding carboxylic acids is 1. The van der Waals surface area contributed by atoms with Crippen molar-refractivity contribution in [1.82, 2.24) is 14.8 Å². The number of aromatic amines is 1. The Morgan fingerprint density at radius 2 is 1.90 bits per heavy atom. The van der Waals surface area contributed by atoms with Gasteiger partial charge in [0.15, 0.2) is 0 Å². The highest BCUT2D eigenvalue weighted by Crippen LogP contribution is 2.72. The van der Waals surface area contributed by atoms with E-state index in [0.29, 0.717) is 38.8 Å². The van der Waals surface area contributed by atoms with Gasteiger partial charge in [0.05, 0.1) is 18.1 Å². The fourth-order valence-electron chi connectivity index (χ4n) is 8.22. The number of hydrogen-bond donors (Lipinski definition) is 2. The first kappa shape index (κ1) is 25.9. The van der Waals surface area contributed by atoms with Gasteiger partial charge < -0.3 is 15.5 Å². The number of fused-ring (bicyclic) bond motifs is 3. The van der Waals surface area contributed by atoms with Crippen molar-refractivity contribution in [2.24, 2.45) is 11.1 Å². The molecule has 3 saturated carbocycles.